The first-order valence-electron chi connectivity index (χ1n) is 38.8. The molecule has 0 saturated carbocycles. The van der Waals surface area contributed by atoms with Crippen LogP contribution in [0.3, 0.4) is 0 Å². The Balaban J connectivity index is -0.000000206. The first-order chi connectivity index (χ1) is 47.7. The summed E-state index contributed by atoms with van der Waals surface area (Å²) in [5, 5.41) is 37.4. The zero-order valence-electron chi connectivity index (χ0n) is 72.3. The predicted molar refractivity (Wildman–Crippen MR) is 422 cm³/mol. The fourth-order valence-electron chi connectivity index (χ4n) is 13.4. The number of unbranched alkanes of at least 4 members (excludes halogenated alkanes) is 4. The van der Waals surface area contributed by atoms with Crippen molar-refractivity contribution in [1.29, 1.82) is 0 Å². The van der Waals surface area contributed by atoms with Crippen LogP contribution in [-0.2, 0) is 149 Å². The molecule has 0 aliphatic carbocycles. The predicted octanol–water partition coefficient (Wildman–Crippen LogP) is 20.2. The van der Waals surface area contributed by atoms with E-state index in [1.807, 2.05) is 0 Å². The molecule has 0 aromatic rings. The van der Waals surface area contributed by atoms with Crippen LogP contribution in [0.25, 0.3) is 0 Å². The van der Waals surface area contributed by atoms with Crippen molar-refractivity contribution in [1.82, 2.24) is 0 Å². The van der Waals surface area contributed by atoms with Gasteiger partial charge in [0, 0.05) is 56.6 Å². The van der Waals surface area contributed by atoms with Crippen molar-refractivity contribution in [2.24, 2.45) is 91.7 Å². The largest absolute Gasteiger partial charge is 2.00 e. The van der Waals surface area contributed by atoms with E-state index in [0.29, 0.717) is 71.6 Å². The van der Waals surface area contributed by atoms with Crippen LogP contribution in [0.1, 0.15) is 315 Å². The summed E-state index contributed by atoms with van der Waals surface area (Å²) < 4.78 is 25.9. The van der Waals surface area contributed by atoms with E-state index in [9.17, 15) is 48.3 Å². The van der Waals surface area contributed by atoms with Crippen LogP contribution < -0.4 is 5.11 Å². The summed E-state index contributed by atoms with van der Waals surface area (Å²) in [4.78, 5) is 102. The maximum absolute atomic E-state index is 12.0. The third-order valence-electron chi connectivity index (χ3n) is 17.6. The van der Waals surface area contributed by atoms with E-state index < -0.39 is 59.6 Å². The number of hydrogen-bond acceptors (Lipinski definition) is 15. The van der Waals surface area contributed by atoms with Crippen molar-refractivity contribution in [2.75, 3.05) is 33.0 Å². The van der Waals surface area contributed by atoms with E-state index in [0.717, 1.165) is 89.9 Å². The molecule has 0 heterocycles. The van der Waals surface area contributed by atoms with Crippen LogP contribution in [0.2, 0.25) is 0 Å². The van der Waals surface area contributed by atoms with Gasteiger partial charge in [0.25, 0.3) is 0 Å². The average Bonchev–Trinajstić information content (AvgIpc) is 0.892. The van der Waals surface area contributed by atoms with Gasteiger partial charge in [-0.15, -0.1) is 0 Å². The first kappa shape index (κ1) is 121. The molecule has 0 amide bonds. The molecule has 10 unspecified atom stereocenters. The summed E-state index contributed by atoms with van der Waals surface area (Å²) in [7, 11) is 0. The Morgan fingerprint density at radius 2 is 0.697 bits per heavy atom. The molecule has 0 fully saturated rings. The van der Waals surface area contributed by atoms with Gasteiger partial charge in [0.05, 0.1) is 45.5 Å². The van der Waals surface area contributed by atoms with Crippen molar-refractivity contribution in [3.63, 3.8) is 0 Å². The van der Waals surface area contributed by atoms with Crippen LogP contribution in [0, 0.1) is 91.7 Å². The minimum atomic E-state index is -1.31. The number of aliphatic carboxylic acids is 4. The molecular weight excluding hydrogens is 1710 g/mol. The summed E-state index contributed by atoms with van der Waals surface area (Å²) >= 11 is 0. The van der Waals surface area contributed by atoms with Crippen molar-refractivity contribution < 1.29 is 169 Å². The van der Waals surface area contributed by atoms with Crippen LogP contribution >= 0.6 is 0 Å². The summed E-state index contributed by atoms with van der Waals surface area (Å²) in [6.45, 7) is 72.4. The molecule has 3 N–H and O–H groups in total. The smallest absolute Gasteiger partial charge is 0.550 e. The third-order valence-corrected chi connectivity index (χ3v) is 17.6. The number of ether oxygens (including phenoxy) is 5. The number of esters is 5. The zero-order chi connectivity index (χ0) is 82.6. The van der Waals surface area contributed by atoms with Gasteiger partial charge in [-0.05, 0) is 163 Å². The van der Waals surface area contributed by atoms with Crippen LogP contribution in [0.15, 0.2) is 60.8 Å². The summed E-state index contributed by atoms with van der Waals surface area (Å²) in [6, 6.07) is 0. The molecule has 0 rings (SSSR count). The number of rotatable bonds is 46. The van der Waals surface area contributed by atoms with Gasteiger partial charge in [-0.25, -0.2) is 19.2 Å². The van der Waals surface area contributed by atoms with Gasteiger partial charge in [-0.2, -0.15) is 0 Å². The van der Waals surface area contributed by atoms with E-state index in [1.54, 1.807) is 6.08 Å². The Morgan fingerprint density at radius 1 is 0.422 bits per heavy atom. The van der Waals surface area contributed by atoms with E-state index in [-0.39, 0.29) is 177 Å². The summed E-state index contributed by atoms with van der Waals surface area (Å²) in [5.41, 5.74) is 1.85. The monoisotopic (exact) mass is 1860 g/mol. The Bertz CT molecular complexity index is 2470. The molecule has 0 bridgehead atoms. The second-order valence-electron chi connectivity index (χ2n) is 37.7. The van der Waals surface area contributed by atoms with Gasteiger partial charge in [0.15, 0.2) is 0 Å². The van der Waals surface area contributed by atoms with Gasteiger partial charge in [0.1, 0.15) is 13.2 Å². The Hall–Kier alpha value is -3.43. The fourth-order valence-corrected chi connectivity index (χ4v) is 13.4. The van der Waals surface area contributed by atoms with Crippen LogP contribution in [0.4, 0.5) is 0 Å². The number of carboxylic acids is 4. The summed E-state index contributed by atoms with van der Waals surface area (Å²) in [5.74, 6) is -4.59. The Kier molecular flexibility index (Phi) is 68.9. The van der Waals surface area contributed by atoms with Crippen LogP contribution in [0.5, 0.6) is 0 Å². The number of hydrogen-bond donors (Lipinski definition) is 3. The maximum Gasteiger partial charge on any atom is 2.00 e. The molecule has 1 radical (unpaired) electrons. The minimum Gasteiger partial charge on any atom is -0.550 e. The SMILES string of the molecule is C=C(C)C(=O)OCCOC(=O)CC(/C=C/CCCCCC)C(=O)[O-].C=C(CC(=O)O)C(=O)OCC(CCC(C)CC(C)(C)C)C(C)CC(C)(C)C.C=C(CC(=O)O)C(=O)OCC(CCC(C)CC(C)(C)C)C(C)CC(C)(C)C.C=C(CC(=O)O)C(=O)OCC(CCC(C)CC(C)(C)C)C(C)CC(C)(C)C.[Ag+].[Ag].[Ni+2].[Pd+2]. The standard InChI is InChI=1S/3C23H42O4.C18H28O6.2Ag.Ni.Pd/c3*1-16(13-22(4,5)6)10-11-19(18(3)14-23(7,8)9)15-27-21(26)17(2)12-20(24)25;1-4-5-6-7-8-9-10-15(17(20)21)13-16(19)23-11-12-24-18(22)14(2)3;;;;/h3*16,18-19H,2,10-15H2,1,3-9H3,(H,24,25);9-10,15H,2,4-8,11-13H2,1,3H3,(H,20,21);;;;/q;;;;;+1;2*+2/p-1/b;;;10-9+;;;;. The van der Waals surface area contributed by atoms with Crippen molar-refractivity contribution >= 4 is 53.7 Å². The van der Waals surface area contributed by atoms with E-state index >= 15 is 0 Å². The molecule has 647 valence electrons. The van der Waals surface area contributed by atoms with Gasteiger partial charge < -0.3 is 48.9 Å². The molecule has 0 aromatic carbocycles. The van der Waals surface area contributed by atoms with Gasteiger partial charge in [-0.1, -0.05) is 250 Å². The molecular formula is C87H153Ag2NiO18Pd+4. The summed E-state index contributed by atoms with van der Waals surface area (Å²) in [6.07, 6.45) is 20.0. The van der Waals surface area contributed by atoms with E-state index in [4.69, 9.17) is 39.0 Å². The second-order valence-corrected chi connectivity index (χ2v) is 37.7. The number of carboxylic acid groups (broad SMARTS) is 4. The molecule has 0 saturated heterocycles. The van der Waals surface area contributed by atoms with Crippen molar-refractivity contribution in [3.05, 3.63) is 60.8 Å². The number of carbonyl (C=O) groups is 9. The first-order valence-corrected chi connectivity index (χ1v) is 38.8. The molecule has 0 aliphatic rings. The normalized spacial score (nSPS) is 14.3. The minimum absolute atomic E-state index is 0. The van der Waals surface area contributed by atoms with Gasteiger partial charge in [-0.3, -0.25) is 19.2 Å². The molecule has 10 atom stereocenters. The second kappa shape index (κ2) is 61.9. The van der Waals surface area contributed by atoms with E-state index in [1.165, 1.54) is 32.3 Å². The number of carbonyl (C=O) groups excluding carboxylic acids is 6. The Morgan fingerprint density at radius 3 is 0.936 bits per heavy atom. The Labute approximate surface area is 717 Å². The van der Waals surface area contributed by atoms with Crippen LogP contribution in [-0.4, -0.2) is 102 Å². The average molecular weight is 1870 g/mol. The zero-order valence-corrected chi connectivity index (χ0v) is 77.8. The molecule has 0 aromatic heterocycles. The number of allylic oxidation sites excluding steroid dienone is 1. The maximum atomic E-state index is 12.0. The van der Waals surface area contributed by atoms with Crippen molar-refractivity contribution in [3.8, 4) is 0 Å². The molecule has 18 nitrogen and oxygen atoms in total. The van der Waals surface area contributed by atoms with E-state index in [2.05, 4.69) is 199 Å². The van der Waals surface area contributed by atoms with Gasteiger partial charge in [0.2, 0.25) is 0 Å². The van der Waals surface area contributed by atoms with Gasteiger partial charge >= 0.3 is 107 Å². The quantitative estimate of drug-likeness (QED) is 0.0127. The third kappa shape index (κ3) is 76.9. The molecule has 0 spiro atoms. The molecule has 109 heavy (non-hydrogen) atoms. The topological polar surface area (TPSA) is 284 Å². The molecule has 0 aliphatic heterocycles. The van der Waals surface area contributed by atoms with Crippen molar-refractivity contribution in [2.45, 2.75) is 315 Å². The fraction of sp³-hybridized carbons (Fsp3) is 0.782. The molecule has 22 heteroatoms.